The summed E-state index contributed by atoms with van der Waals surface area (Å²) in [7, 11) is 2.53. The molecule has 0 saturated carbocycles. The van der Waals surface area contributed by atoms with Gasteiger partial charge in [0.1, 0.15) is 0 Å². The van der Waals surface area contributed by atoms with E-state index in [1.54, 1.807) is 30.3 Å². The van der Waals surface area contributed by atoms with Gasteiger partial charge in [0.25, 0.3) is 0 Å². The van der Waals surface area contributed by atoms with Crippen molar-refractivity contribution >= 4 is 29.2 Å². The number of carbonyl (C=O) groups excluding carboxylic acids is 2. The van der Waals surface area contributed by atoms with E-state index in [-0.39, 0.29) is 11.1 Å². The first-order valence-electron chi connectivity index (χ1n) is 10.7. The lowest BCUT2D eigenvalue weighted by atomic mass is 9.98. The molecular weight excluding hydrogens is 456 g/mol. The van der Waals surface area contributed by atoms with Gasteiger partial charge in [-0.1, -0.05) is 41.9 Å². The Hall–Kier alpha value is -3.39. The molecule has 0 unspecified atom stereocenters. The van der Waals surface area contributed by atoms with E-state index in [4.69, 9.17) is 21.1 Å². The average molecular weight is 483 g/mol. The smallest absolute Gasteiger partial charge is 0.338 e. The van der Waals surface area contributed by atoms with Crippen molar-refractivity contribution in [1.82, 2.24) is 5.32 Å². The molecule has 0 bridgehead atoms. The van der Waals surface area contributed by atoms with Crippen LogP contribution in [0.25, 0.3) is 11.1 Å². The van der Waals surface area contributed by atoms with Crippen LogP contribution >= 0.6 is 11.6 Å². The van der Waals surface area contributed by atoms with Crippen molar-refractivity contribution in [2.24, 2.45) is 0 Å². The van der Waals surface area contributed by atoms with Gasteiger partial charge in [-0.15, -0.1) is 0 Å². The highest BCUT2D eigenvalue weighted by Gasteiger charge is 2.19. The number of aliphatic hydroxyl groups is 1. The SMILES string of the molecule is COC(=O)c1ccc(-c2cccc(NCCNC[C@H](O)c3cccc(Cl)c3)c2)cc1C(=O)OC. The topological polar surface area (TPSA) is 96.9 Å². The van der Waals surface area contributed by atoms with Crippen molar-refractivity contribution in [3.8, 4) is 11.1 Å². The van der Waals surface area contributed by atoms with Crippen LogP contribution in [0.15, 0.2) is 66.7 Å². The van der Waals surface area contributed by atoms with Crippen molar-refractivity contribution in [1.29, 1.82) is 0 Å². The third kappa shape index (κ3) is 6.57. The molecule has 7 nitrogen and oxygen atoms in total. The molecule has 3 aromatic rings. The number of esters is 2. The number of methoxy groups -OCH3 is 2. The van der Waals surface area contributed by atoms with Gasteiger partial charge in [-0.25, -0.2) is 9.59 Å². The highest BCUT2D eigenvalue weighted by molar-refractivity contribution is 6.30. The molecule has 0 spiro atoms. The van der Waals surface area contributed by atoms with Crippen molar-refractivity contribution in [2.75, 3.05) is 39.2 Å². The lowest BCUT2D eigenvalue weighted by molar-refractivity contribution is 0.0555. The summed E-state index contributed by atoms with van der Waals surface area (Å²) in [6.07, 6.45) is -0.640. The third-order valence-electron chi connectivity index (χ3n) is 5.23. The maximum Gasteiger partial charge on any atom is 0.338 e. The number of ether oxygens (including phenoxy) is 2. The van der Waals surface area contributed by atoms with E-state index >= 15 is 0 Å². The largest absolute Gasteiger partial charge is 0.465 e. The Balaban J connectivity index is 1.60. The summed E-state index contributed by atoms with van der Waals surface area (Å²) in [5.74, 6) is -1.21. The summed E-state index contributed by atoms with van der Waals surface area (Å²) < 4.78 is 9.58. The van der Waals surface area contributed by atoms with E-state index in [0.29, 0.717) is 24.7 Å². The maximum absolute atomic E-state index is 12.2. The van der Waals surface area contributed by atoms with Crippen LogP contribution in [0.5, 0.6) is 0 Å². The molecule has 0 aliphatic carbocycles. The molecule has 3 N–H and O–H groups in total. The second-order valence-electron chi connectivity index (χ2n) is 7.53. The number of nitrogens with one attached hydrogen (secondary N) is 2. The average Bonchev–Trinajstić information content (AvgIpc) is 2.87. The van der Waals surface area contributed by atoms with E-state index < -0.39 is 18.0 Å². The van der Waals surface area contributed by atoms with Crippen LogP contribution in [0.1, 0.15) is 32.4 Å². The van der Waals surface area contributed by atoms with Gasteiger partial charge >= 0.3 is 11.9 Å². The molecule has 34 heavy (non-hydrogen) atoms. The second kappa shape index (κ2) is 12.2. The van der Waals surface area contributed by atoms with Crippen molar-refractivity contribution in [3.63, 3.8) is 0 Å². The summed E-state index contributed by atoms with van der Waals surface area (Å²) in [6.45, 7) is 1.69. The molecule has 0 fully saturated rings. The minimum atomic E-state index is -0.640. The number of hydrogen-bond donors (Lipinski definition) is 3. The van der Waals surface area contributed by atoms with Gasteiger partial charge in [0.2, 0.25) is 0 Å². The standard InChI is InChI=1S/C26H27ClN2O5/c1-33-25(31)22-10-9-18(15-23(22)26(32)34-2)17-5-4-8-21(14-17)29-12-11-28-16-24(30)19-6-3-7-20(27)13-19/h3-10,13-15,24,28-30H,11-12,16H2,1-2H3/t24-/m0/s1. The van der Waals surface area contributed by atoms with Crippen molar-refractivity contribution in [3.05, 3.63) is 88.4 Å². The molecule has 0 amide bonds. The quantitative estimate of drug-likeness (QED) is 0.292. The minimum Gasteiger partial charge on any atom is -0.465 e. The number of carbonyl (C=O) groups is 2. The number of benzene rings is 3. The highest BCUT2D eigenvalue weighted by Crippen LogP contribution is 2.26. The summed E-state index contributed by atoms with van der Waals surface area (Å²) >= 11 is 5.97. The van der Waals surface area contributed by atoms with Gasteiger partial charge < -0.3 is 25.2 Å². The zero-order valence-electron chi connectivity index (χ0n) is 19.0. The zero-order valence-corrected chi connectivity index (χ0v) is 19.8. The zero-order chi connectivity index (χ0) is 24.5. The van der Waals surface area contributed by atoms with Gasteiger partial charge in [-0.2, -0.15) is 0 Å². The molecule has 0 radical (unpaired) electrons. The van der Waals surface area contributed by atoms with Crippen LogP contribution in [0.2, 0.25) is 5.02 Å². The van der Waals surface area contributed by atoms with Crippen LogP contribution in [0.4, 0.5) is 5.69 Å². The predicted octanol–water partition coefficient (Wildman–Crippen LogP) is 4.32. The fourth-order valence-electron chi connectivity index (χ4n) is 3.47. The molecule has 8 heteroatoms. The van der Waals surface area contributed by atoms with E-state index in [1.807, 2.05) is 36.4 Å². The van der Waals surface area contributed by atoms with Gasteiger partial charge in [0.15, 0.2) is 0 Å². The van der Waals surface area contributed by atoms with E-state index in [2.05, 4.69) is 10.6 Å². The first-order chi connectivity index (χ1) is 16.4. The third-order valence-corrected chi connectivity index (χ3v) is 5.46. The van der Waals surface area contributed by atoms with E-state index in [1.165, 1.54) is 14.2 Å². The number of hydrogen-bond acceptors (Lipinski definition) is 7. The number of rotatable bonds is 10. The van der Waals surface area contributed by atoms with Crippen molar-refractivity contribution < 1.29 is 24.2 Å². The normalized spacial score (nSPS) is 11.5. The summed E-state index contributed by atoms with van der Waals surface area (Å²) in [4.78, 5) is 24.2. The first-order valence-corrected chi connectivity index (χ1v) is 11.1. The van der Waals surface area contributed by atoms with Gasteiger partial charge in [-0.3, -0.25) is 0 Å². The second-order valence-corrected chi connectivity index (χ2v) is 7.96. The van der Waals surface area contributed by atoms with Crippen molar-refractivity contribution in [2.45, 2.75) is 6.10 Å². The summed E-state index contributed by atoms with van der Waals surface area (Å²) in [5.41, 5.74) is 3.60. The minimum absolute atomic E-state index is 0.146. The lowest BCUT2D eigenvalue weighted by Gasteiger charge is -2.14. The fourth-order valence-corrected chi connectivity index (χ4v) is 3.66. The fraction of sp³-hybridized carbons (Fsp3) is 0.231. The number of anilines is 1. The Kier molecular flexibility index (Phi) is 9.04. The molecule has 0 aromatic heterocycles. The van der Waals surface area contributed by atoms with Gasteiger partial charge in [-0.05, 0) is 53.1 Å². The Morgan fingerprint density at radius 2 is 1.59 bits per heavy atom. The van der Waals surface area contributed by atoms with Gasteiger partial charge in [0.05, 0.1) is 31.5 Å². The maximum atomic E-state index is 12.2. The predicted molar refractivity (Wildman–Crippen MR) is 132 cm³/mol. The van der Waals surface area contributed by atoms with Gasteiger partial charge in [0, 0.05) is 30.3 Å². The van der Waals surface area contributed by atoms with E-state index in [0.717, 1.165) is 22.4 Å². The Labute approximate surface area is 203 Å². The van der Waals surface area contributed by atoms with Crippen LogP contribution < -0.4 is 10.6 Å². The molecule has 178 valence electrons. The number of aliphatic hydroxyl groups excluding tert-OH is 1. The molecule has 0 aliphatic rings. The van der Waals surface area contributed by atoms with Crippen LogP contribution in [0, 0.1) is 0 Å². The molecule has 3 aromatic carbocycles. The Bertz CT molecular complexity index is 1150. The summed E-state index contributed by atoms with van der Waals surface area (Å²) in [6, 6.07) is 19.8. The molecule has 1 atom stereocenters. The molecule has 0 saturated heterocycles. The monoisotopic (exact) mass is 482 g/mol. The molecule has 3 rings (SSSR count). The molecule has 0 heterocycles. The molecule has 0 aliphatic heterocycles. The lowest BCUT2D eigenvalue weighted by Crippen LogP contribution is -2.26. The van der Waals surface area contributed by atoms with Crippen LogP contribution in [0.3, 0.4) is 0 Å². The number of halogens is 1. The molecular formula is C26H27ClN2O5. The van der Waals surface area contributed by atoms with Crippen LogP contribution in [-0.2, 0) is 9.47 Å². The van der Waals surface area contributed by atoms with E-state index in [9.17, 15) is 14.7 Å². The Morgan fingerprint density at radius 1 is 0.882 bits per heavy atom. The van der Waals surface area contributed by atoms with Crippen LogP contribution in [-0.4, -0.2) is 50.9 Å². The highest BCUT2D eigenvalue weighted by atomic mass is 35.5. The Morgan fingerprint density at radius 3 is 2.32 bits per heavy atom. The first kappa shape index (κ1) is 25.2. The summed E-state index contributed by atoms with van der Waals surface area (Å²) in [5, 5.41) is 17.4.